The maximum absolute atomic E-state index is 12.2. The smallest absolute Gasteiger partial charge is 0.269 e. The summed E-state index contributed by atoms with van der Waals surface area (Å²) in [5, 5.41) is 7.20. The summed E-state index contributed by atoms with van der Waals surface area (Å²) in [7, 11) is 1.59. The van der Waals surface area contributed by atoms with E-state index in [-0.39, 0.29) is 36.0 Å². The molecule has 2 amide bonds. The number of aromatic amines is 1. The molecule has 7 nitrogen and oxygen atoms in total. The number of aryl methyl sites for hydroxylation is 1. The van der Waals surface area contributed by atoms with E-state index in [1.54, 1.807) is 18.4 Å². The minimum atomic E-state index is -0.364. The predicted octanol–water partition coefficient (Wildman–Crippen LogP) is 0.480. The van der Waals surface area contributed by atoms with Gasteiger partial charge in [0.2, 0.25) is 5.91 Å². The molecule has 3 heterocycles. The summed E-state index contributed by atoms with van der Waals surface area (Å²) in [6.07, 6.45) is 1.15. The second-order valence-electron chi connectivity index (χ2n) is 5.50. The molecule has 0 atom stereocenters. The molecule has 3 rings (SSSR count). The van der Waals surface area contributed by atoms with E-state index in [1.807, 2.05) is 4.90 Å². The highest BCUT2D eigenvalue weighted by Crippen LogP contribution is 2.24. The van der Waals surface area contributed by atoms with E-state index in [0.29, 0.717) is 6.54 Å². The van der Waals surface area contributed by atoms with E-state index >= 15 is 0 Å². The first kappa shape index (κ1) is 15.5. The lowest BCUT2D eigenvalue weighted by Crippen LogP contribution is -2.37. The first-order valence-corrected chi connectivity index (χ1v) is 8.30. The third-order valence-electron chi connectivity index (χ3n) is 3.92. The van der Waals surface area contributed by atoms with Gasteiger partial charge in [-0.1, -0.05) is 0 Å². The van der Waals surface area contributed by atoms with Gasteiger partial charge in [0.15, 0.2) is 0 Å². The molecule has 1 aliphatic heterocycles. The molecule has 0 radical (unpaired) electrons. The summed E-state index contributed by atoms with van der Waals surface area (Å²) >= 11 is 1.74. The number of thiophene rings is 1. The van der Waals surface area contributed by atoms with Crippen LogP contribution in [0.4, 0.5) is 0 Å². The molecule has 0 spiro atoms. The monoisotopic (exact) mass is 334 g/mol. The number of aromatic nitrogens is 2. The van der Waals surface area contributed by atoms with Gasteiger partial charge in [-0.05, 0) is 23.4 Å². The molecule has 0 fully saturated rings. The number of nitrogens with one attached hydrogen (secondary N) is 2. The van der Waals surface area contributed by atoms with Gasteiger partial charge in [0.05, 0.1) is 0 Å². The van der Waals surface area contributed by atoms with Crippen molar-refractivity contribution in [2.45, 2.75) is 19.4 Å². The Bertz CT molecular complexity index is 789. The molecule has 122 valence electrons. The Morgan fingerprint density at radius 1 is 1.43 bits per heavy atom. The highest BCUT2D eigenvalue weighted by molar-refractivity contribution is 7.10. The molecule has 8 heteroatoms. The first-order chi connectivity index (χ1) is 11.0. The van der Waals surface area contributed by atoms with Crippen LogP contribution in [0.25, 0.3) is 0 Å². The van der Waals surface area contributed by atoms with Crippen LogP contribution in [0.3, 0.4) is 0 Å². The Balaban J connectivity index is 1.49. The zero-order chi connectivity index (χ0) is 16.4. The van der Waals surface area contributed by atoms with Gasteiger partial charge in [-0.25, -0.2) is 0 Å². The third kappa shape index (κ3) is 3.37. The molecule has 2 aromatic heterocycles. The van der Waals surface area contributed by atoms with E-state index in [9.17, 15) is 14.4 Å². The van der Waals surface area contributed by atoms with Crippen molar-refractivity contribution >= 4 is 23.2 Å². The van der Waals surface area contributed by atoms with Gasteiger partial charge in [-0.2, -0.15) is 0 Å². The number of H-pyrrole nitrogens is 1. The van der Waals surface area contributed by atoms with Crippen molar-refractivity contribution in [1.82, 2.24) is 20.0 Å². The number of rotatable bonds is 4. The molecule has 0 saturated heterocycles. The van der Waals surface area contributed by atoms with Crippen molar-refractivity contribution in [2.75, 3.05) is 13.1 Å². The first-order valence-electron chi connectivity index (χ1n) is 7.42. The zero-order valence-corrected chi connectivity index (χ0v) is 13.6. The fraction of sp³-hybridized carbons (Fsp3) is 0.400. The number of carbonyl (C=O) groups excluding carboxylic acids is 2. The van der Waals surface area contributed by atoms with Gasteiger partial charge in [-0.3, -0.25) is 24.2 Å². The van der Waals surface area contributed by atoms with Crippen LogP contribution in [0.15, 0.2) is 22.3 Å². The van der Waals surface area contributed by atoms with Gasteiger partial charge < -0.3 is 10.2 Å². The van der Waals surface area contributed by atoms with Crippen LogP contribution in [0.2, 0.25) is 0 Å². The zero-order valence-electron chi connectivity index (χ0n) is 12.8. The maximum Gasteiger partial charge on any atom is 0.269 e. The highest BCUT2D eigenvalue weighted by Gasteiger charge is 2.21. The lowest BCUT2D eigenvalue weighted by Gasteiger charge is -2.27. The Morgan fingerprint density at radius 3 is 3.00 bits per heavy atom. The van der Waals surface area contributed by atoms with E-state index < -0.39 is 0 Å². The average molecular weight is 334 g/mol. The van der Waals surface area contributed by atoms with E-state index in [1.165, 1.54) is 21.2 Å². The van der Waals surface area contributed by atoms with Gasteiger partial charge in [0.25, 0.3) is 11.5 Å². The standard InChI is InChI=1S/C15H18N4O3S/c1-18-11(8-13(20)17-18)15(22)16-5-2-14(21)19-6-3-12-10(9-19)4-7-23-12/h4,7-8H,2-3,5-6,9H2,1H3,(H,16,22)(H,17,20). The molecule has 2 aromatic rings. The highest BCUT2D eigenvalue weighted by atomic mass is 32.1. The average Bonchev–Trinajstić information content (AvgIpc) is 3.12. The molecule has 0 aliphatic carbocycles. The van der Waals surface area contributed by atoms with Crippen LogP contribution >= 0.6 is 11.3 Å². The van der Waals surface area contributed by atoms with Crippen molar-refractivity contribution in [3.05, 3.63) is 44.0 Å². The van der Waals surface area contributed by atoms with Crippen LogP contribution in [0.1, 0.15) is 27.3 Å². The molecule has 0 unspecified atom stereocenters. The van der Waals surface area contributed by atoms with Gasteiger partial charge in [0.1, 0.15) is 5.69 Å². The number of hydrogen-bond donors (Lipinski definition) is 2. The van der Waals surface area contributed by atoms with E-state index in [0.717, 1.165) is 13.0 Å². The van der Waals surface area contributed by atoms with E-state index in [4.69, 9.17) is 0 Å². The van der Waals surface area contributed by atoms with Crippen LogP contribution in [-0.4, -0.2) is 39.6 Å². The minimum Gasteiger partial charge on any atom is -0.350 e. The minimum absolute atomic E-state index is 0.0325. The summed E-state index contributed by atoms with van der Waals surface area (Å²) in [6, 6.07) is 3.30. The lowest BCUT2D eigenvalue weighted by atomic mass is 10.1. The van der Waals surface area contributed by atoms with Gasteiger partial charge in [0, 0.05) is 44.0 Å². The topological polar surface area (TPSA) is 87.2 Å². The van der Waals surface area contributed by atoms with Crippen molar-refractivity contribution in [3.8, 4) is 0 Å². The van der Waals surface area contributed by atoms with E-state index in [2.05, 4.69) is 21.9 Å². The number of nitrogens with zero attached hydrogens (tertiary/aromatic N) is 2. The molecule has 0 aromatic carbocycles. The number of fused-ring (bicyclic) bond motifs is 1. The maximum atomic E-state index is 12.2. The molecule has 2 N–H and O–H groups in total. The molecular formula is C15H18N4O3S. The van der Waals surface area contributed by atoms with Crippen molar-refractivity contribution in [3.63, 3.8) is 0 Å². The Morgan fingerprint density at radius 2 is 2.26 bits per heavy atom. The molecule has 1 aliphatic rings. The molecular weight excluding hydrogens is 316 g/mol. The van der Waals surface area contributed by atoms with Crippen LogP contribution < -0.4 is 10.9 Å². The largest absolute Gasteiger partial charge is 0.350 e. The third-order valence-corrected chi connectivity index (χ3v) is 4.95. The summed E-state index contributed by atoms with van der Waals surface area (Å²) in [5.74, 6) is -0.331. The number of amides is 2. The van der Waals surface area contributed by atoms with Crippen molar-refractivity contribution in [2.24, 2.45) is 7.05 Å². The second-order valence-corrected chi connectivity index (χ2v) is 6.51. The number of carbonyl (C=O) groups is 2. The summed E-state index contributed by atoms with van der Waals surface area (Å²) in [6.45, 7) is 1.63. The lowest BCUT2D eigenvalue weighted by molar-refractivity contribution is -0.131. The Labute approximate surface area is 136 Å². The summed E-state index contributed by atoms with van der Waals surface area (Å²) in [5.41, 5.74) is 1.15. The van der Waals surface area contributed by atoms with Crippen molar-refractivity contribution in [1.29, 1.82) is 0 Å². The number of hydrogen-bond acceptors (Lipinski definition) is 4. The SMILES string of the molecule is Cn1[nH]c(=O)cc1C(=O)NCCC(=O)N1CCc2sccc2C1. The van der Waals surface area contributed by atoms with Gasteiger partial charge in [-0.15, -0.1) is 11.3 Å². The Kier molecular flexibility index (Phi) is 4.33. The second kappa shape index (κ2) is 6.41. The molecule has 0 saturated carbocycles. The van der Waals surface area contributed by atoms with Crippen LogP contribution in [0, 0.1) is 0 Å². The van der Waals surface area contributed by atoms with Crippen LogP contribution in [0.5, 0.6) is 0 Å². The molecule has 0 bridgehead atoms. The normalized spacial score (nSPS) is 13.7. The predicted molar refractivity (Wildman–Crippen MR) is 86.4 cm³/mol. The fourth-order valence-corrected chi connectivity index (χ4v) is 3.58. The molecule has 23 heavy (non-hydrogen) atoms. The van der Waals surface area contributed by atoms with Crippen molar-refractivity contribution < 1.29 is 9.59 Å². The summed E-state index contributed by atoms with van der Waals surface area (Å²) in [4.78, 5) is 38.5. The Hall–Kier alpha value is -2.35. The summed E-state index contributed by atoms with van der Waals surface area (Å²) < 4.78 is 1.36. The quantitative estimate of drug-likeness (QED) is 0.852. The van der Waals surface area contributed by atoms with Gasteiger partial charge >= 0.3 is 0 Å². The van der Waals surface area contributed by atoms with Crippen LogP contribution in [-0.2, 0) is 24.8 Å². The fourth-order valence-electron chi connectivity index (χ4n) is 2.69.